The van der Waals surface area contributed by atoms with Crippen LogP contribution >= 0.6 is 0 Å². The van der Waals surface area contributed by atoms with Crippen molar-refractivity contribution in [2.24, 2.45) is 0 Å². The summed E-state index contributed by atoms with van der Waals surface area (Å²) in [7, 11) is 3.16. The molecule has 0 unspecified atom stereocenters. The second-order valence-electron chi connectivity index (χ2n) is 8.82. The lowest BCUT2D eigenvalue weighted by Crippen LogP contribution is -2.36. The third-order valence-electron chi connectivity index (χ3n) is 6.57. The van der Waals surface area contributed by atoms with Crippen LogP contribution in [0.3, 0.4) is 0 Å². The largest absolute Gasteiger partial charge is 0.493 e. The lowest BCUT2D eigenvalue weighted by atomic mass is 9.71. The maximum atomic E-state index is 13.7. The Morgan fingerprint density at radius 1 is 1.03 bits per heavy atom. The molecule has 6 nitrogen and oxygen atoms in total. The van der Waals surface area contributed by atoms with Gasteiger partial charge in [0.05, 0.1) is 26.4 Å². The fourth-order valence-corrected chi connectivity index (χ4v) is 4.91. The van der Waals surface area contributed by atoms with Crippen molar-refractivity contribution >= 4 is 11.8 Å². The highest BCUT2D eigenvalue weighted by Crippen LogP contribution is 2.46. The average Bonchev–Trinajstić information content (AvgIpc) is 2.86. The minimum Gasteiger partial charge on any atom is -0.493 e. The normalized spacial score (nSPS) is 19.7. The maximum absolute atomic E-state index is 13.7. The monoisotopic (exact) mass is 479 g/mol. The van der Waals surface area contributed by atoms with Gasteiger partial charge in [-0.2, -0.15) is 0 Å². The van der Waals surface area contributed by atoms with Crippen molar-refractivity contribution in [3.63, 3.8) is 0 Å². The summed E-state index contributed by atoms with van der Waals surface area (Å²) in [5, 5.41) is 3.33. The van der Waals surface area contributed by atoms with Gasteiger partial charge in [0.2, 0.25) is 0 Å². The summed E-state index contributed by atoms with van der Waals surface area (Å²) in [6.45, 7) is 4.02. The van der Waals surface area contributed by atoms with Gasteiger partial charge in [0, 0.05) is 29.3 Å². The first-order valence-corrected chi connectivity index (χ1v) is 11.8. The Kier molecular flexibility index (Phi) is 7.24. The van der Waals surface area contributed by atoms with Crippen molar-refractivity contribution in [3.05, 3.63) is 81.9 Å². The smallest absolute Gasteiger partial charge is 0.336 e. The van der Waals surface area contributed by atoms with E-state index < -0.39 is 11.9 Å². The number of carbonyl (C=O) groups is 2. The van der Waals surface area contributed by atoms with Crippen molar-refractivity contribution in [1.29, 1.82) is 0 Å². The molecule has 1 aliphatic carbocycles. The van der Waals surface area contributed by atoms with Gasteiger partial charge in [0.15, 0.2) is 17.3 Å². The zero-order valence-electron chi connectivity index (χ0n) is 20.4. The van der Waals surface area contributed by atoms with E-state index in [1.807, 2.05) is 32.0 Å². The van der Waals surface area contributed by atoms with Crippen molar-refractivity contribution in [2.45, 2.75) is 44.9 Å². The van der Waals surface area contributed by atoms with Crippen LogP contribution in [0.4, 0.5) is 4.39 Å². The number of rotatable bonds is 7. The van der Waals surface area contributed by atoms with E-state index in [9.17, 15) is 14.0 Å². The van der Waals surface area contributed by atoms with Crippen molar-refractivity contribution in [3.8, 4) is 11.5 Å². The summed E-state index contributed by atoms with van der Waals surface area (Å²) in [6, 6.07) is 11.6. The van der Waals surface area contributed by atoms with Crippen LogP contribution in [0.15, 0.2) is 65.0 Å². The minimum atomic E-state index is -0.616. The first-order valence-electron chi connectivity index (χ1n) is 11.8. The summed E-state index contributed by atoms with van der Waals surface area (Å²) < 4.78 is 30.0. The number of esters is 1. The topological polar surface area (TPSA) is 73.9 Å². The molecule has 0 amide bonds. The first kappa shape index (κ1) is 24.5. The molecule has 0 bridgehead atoms. The Morgan fingerprint density at radius 2 is 1.71 bits per heavy atom. The molecule has 0 saturated heterocycles. The summed E-state index contributed by atoms with van der Waals surface area (Å²) in [5.41, 5.74) is 4.00. The molecular formula is C28H30FNO5. The Balaban J connectivity index is 1.75. The van der Waals surface area contributed by atoms with E-state index in [0.717, 1.165) is 11.3 Å². The van der Waals surface area contributed by atoms with E-state index in [2.05, 4.69) is 5.32 Å². The van der Waals surface area contributed by atoms with Gasteiger partial charge in [0.1, 0.15) is 5.82 Å². The summed E-state index contributed by atoms with van der Waals surface area (Å²) in [6.07, 6.45) is 1.56. The van der Waals surface area contributed by atoms with Gasteiger partial charge in [-0.3, -0.25) is 4.79 Å². The van der Waals surface area contributed by atoms with Gasteiger partial charge in [-0.25, -0.2) is 9.18 Å². The zero-order chi connectivity index (χ0) is 25.1. The van der Waals surface area contributed by atoms with Crippen LogP contribution in [0.1, 0.15) is 56.1 Å². The van der Waals surface area contributed by atoms with E-state index in [1.54, 1.807) is 26.4 Å². The number of halogens is 1. The number of methoxy groups -OCH3 is 2. The molecule has 4 rings (SSSR count). The number of benzene rings is 2. The third kappa shape index (κ3) is 4.81. The number of hydrogen-bond donors (Lipinski definition) is 1. The number of allylic oxidation sites excluding steroid dienone is 3. The minimum absolute atomic E-state index is 0.0545. The molecular weight excluding hydrogens is 449 g/mol. The number of dihydropyridines is 1. The van der Waals surface area contributed by atoms with Gasteiger partial charge in [-0.05, 0) is 61.1 Å². The molecule has 2 aromatic carbocycles. The molecule has 7 heteroatoms. The number of hydrogen-bond acceptors (Lipinski definition) is 6. The van der Waals surface area contributed by atoms with Crippen molar-refractivity contribution in [1.82, 2.24) is 5.32 Å². The Labute approximate surface area is 204 Å². The molecule has 2 aromatic rings. The van der Waals surface area contributed by atoms with Gasteiger partial charge >= 0.3 is 5.97 Å². The standard InChI is InChI=1S/C28H30FNO5/c1-5-12-35-28(32)25-16(2)30-21-13-19(18-8-11-23(33-3)24(15-18)34-4)14-22(31)27(21)26(25)17-6-9-20(29)10-7-17/h6-11,15,19,26,30H,5,12-14H2,1-4H3/t19-,26-/m1/s1. The zero-order valence-corrected chi connectivity index (χ0v) is 20.4. The lowest BCUT2D eigenvalue weighted by molar-refractivity contribution is -0.139. The number of carbonyl (C=O) groups excluding carboxylic acids is 2. The lowest BCUT2D eigenvalue weighted by Gasteiger charge is -2.36. The van der Waals surface area contributed by atoms with Crippen LogP contribution in [-0.2, 0) is 14.3 Å². The van der Waals surface area contributed by atoms with E-state index in [-0.39, 0.29) is 30.5 Å². The van der Waals surface area contributed by atoms with Gasteiger partial charge < -0.3 is 19.5 Å². The van der Waals surface area contributed by atoms with Gasteiger partial charge in [-0.1, -0.05) is 25.1 Å². The molecule has 1 aliphatic heterocycles. The van der Waals surface area contributed by atoms with Crippen LogP contribution in [0, 0.1) is 5.82 Å². The average molecular weight is 480 g/mol. The van der Waals surface area contributed by atoms with Crippen LogP contribution in [0.25, 0.3) is 0 Å². The van der Waals surface area contributed by atoms with Gasteiger partial charge in [0.25, 0.3) is 0 Å². The molecule has 0 fully saturated rings. The number of ether oxygens (including phenoxy) is 3. The first-order chi connectivity index (χ1) is 16.9. The highest BCUT2D eigenvalue weighted by Gasteiger charge is 2.41. The highest BCUT2D eigenvalue weighted by atomic mass is 19.1. The molecule has 1 N–H and O–H groups in total. The van der Waals surface area contributed by atoms with Crippen LogP contribution in [0.5, 0.6) is 11.5 Å². The molecule has 0 saturated carbocycles. The molecule has 35 heavy (non-hydrogen) atoms. The van der Waals surface area contributed by atoms with Crippen molar-refractivity contribution < 1.29 is 28.2 Å². The van der Waals surface area contributed by atoms with E-state index >= 15 is 0 Å². The van der Waals surface area contributed by atoms with E-state index in [4.69, 9.17) is 14.2 Å². The number of nitrogens with one attached hydrogen (secondary N) is 1. The van der Waals surface area contributed by atoms with E-state index in [0.29, 0.717) is 46.7 Å². The Bertz CT molecular complexity index is 1200. The number of Topliss-reactive ketones (excluding diaryl/α,β-unsaturated/α-hetero) is 1. The van der Waals surface area contributed by atoms with Crippen LogP contribution < -0.4 is 14.8 Å². The summed E-state index contributed by atoms with van der Waals surface area (Å²) in [4.78, 5) is 26.7. The summed E-state index contributed by atoms with van der Waals surface area (Å²) >= 11 is 0. The SMILES string of the molecule is CCCOC(=O)C1=C(C)NC2=C(C(=O)C[C@H](c3ccc(OC)c(OC)c3)C2)[C@@H]1c1ccc(F)cc1. The summed E-state index contributed by atoms with van der Waals surface area (Å²) in [5.74, 6) is -0.349. The fourth-order valence-electron chi connectivity index (χ4n) is 4.91. The quantitative estimate of drug-likeness (QED) is 0.553. The second-order valence-corrected chi connectivity index (χ2v) is 8.82. The Hall–Kier alpha value is -3.61. The maximum Gasteiger partial charge on any atom is 0.336 e. The third-order valence-corrected chi connectivity index (χ3v) is 6.57. The van der Waals surface area contributed by atoms with Crippen LogP contribution in [0.2, 0.25) is 0 Å². The van der Waals surface area contributed by atoms with Crippen LogP contribution in [-0.4, -0.2) is 32.6 Å². The van der Waals surface area contributed by atoms with Gasteiger partial charge in [-0.15, -0.1) is 0 Å². The molecule has 0 radical (unpaired) electrons. The predicted molar refractivity (Wildman–Crippen MR) is 130 cm³/mol. The molecule has 0 spiro atoms. The number of ketones is 1. The van der Waals surface area contributed by atoms with E-state index in [1.165, 1.54) is 12.1 Å². The second kappa shape index (κ2) is 10.3. The predicted octanol–water partition coefficient (Wildman–Crippen LogP) is 5.16. The molecule has 1 heterocycles. The molecule has 184 valence electrons. The Morgan fingerprint density at radius 3 is 2.37 bits per heavy atom. The molecule has 2 atom stereocenters. The molecule has 0 aromatic heterocycles. The van der Waals surface area contributed by atoms with Crippen molar-refractivity contribution in [2.75, 3.05) is 20.8 Å². The fraction of sp³-hybridized carbons (Fsp3) is 0.357. The highest BCUT2D eigenvalue weighted by molar-refractivity contribution is 6.04. The molecule has 2 aliphatic rings.